The minimum Gasteiger partial charge on any atom is -0.355 e. The largest absolute Gasteiger partial charge is 0.355 e. The van der Waals surface area contributed by atoms with Gasteiger partial charge in [-0.05, 0) is 31.0 Å². The molecule has 1 aromatic carbocycles. The lowest BCUT2D eigenvalue weighted by Crippen LogP contribution is -2.42. The number of piperidine rings is 1. The molecule has 1 aliphatic heterocycles. The van der Waals surface area contributed by atoms with Gasteiger partial charge in [0.1, 0.15) is 5.82 Å². The quantitative estimate of drug-likeness (QED) is 0.682. The molecule has 2 N–H and O–H groups in total. The normalized spacial score (nSPS) is 14.6. The summed E-state index contributed by atoms with van der Waals surface area (Å²) in [7, 11) is 0. The SMILES string of the molecule is O=C(NCCNC(=O)C1CCN(c2cnccn2)CC1)c1cccc(Br)c1. The Bertz CT molecular complexity index is 779. The van der Waals surface area contributed by atoms with Crippen molar-refractivity contribution in [2.24, 2.45) is 5.92 Å². The predicted molar refractivity (Wildman–Crippen MR) is 106 cm³/mol. The van der Waals surface area contributed by atoms with Gasteiger partial charge < -0.3 is 15.5 Å². The number of rotatable bonds is 6. The highest BCUT2D eigenvalue weighted by atomic mass is 79.9. The second-order valence-corrected chi connectivity index (χ2v) is 7.30. The van der Waals surface area contributed by atoms with Gasteiger partial charge in [0, 0.05) is 54.5 Å². The third kappa shape index (κ3) is 5.50. The van der Waals surface area contributed by atoms with Crippen LogP contribution in [-0.4, -0.2) is 48.0 Å². The van der Waals surface area contributed by atoms with E-state index in [0.717, 1.165) is 36.2 Å². The fourth-order valence-corrected chi connectivity index (χ4v) is 3.46. The Balaban J connectivity index is 1.36. The summed E-state index contributed by atoms with van der Waals surface area (Å²) in [5.74, 6) is 0.749. The monoisotopic (exact) mass is 431 g/mol. The number of carbonyl (C=O) groups is 2. The van der Waals surface area contributed by atoms with Crippen molar-refractivity contribution < 1.29 is 9.59 Å². The Labute approximate surface area is 166 Å². The standard InChI is InChI=1S/C19H22BrN5O2/c20-16-3-1-2-15(12-16)19(27)24-9-8-23-18(26)14-4-10-25(11-5-14)17-13-21-6-7-22-17/h1-3,6-7,12-14H,4-5,8-11H2,(H,23,26)(H,24,27). The molecule has 0 unspecified atom stereocenters. The number of benzene rings is 1. The maximum absolute atomic E-state index is 12.3. The van der Waals surface area contributed by atoms with Gasteiger partial charge in [0.25, 0.3) is 5.91 Å². The lowest BCUT2D eigenvalue weighted by atomic mass is 9.96. The van der Waals surface area contributed by atoms with Crippen LogP contribution in [-0.2, 0) is 4.79 Å². The molecule has 0 atom stereocenters. The van der Waals surface area contributed by atoms with E-state index in [1.54, 1.807) is 30.7 Å². The number of aromatic nitrogens is 2. The van der Waals surface area contributed by atoms with E-state index in [1.807, 2.05) is 12.1 Å². The van der Waals surface area contributed by atoms with E-state index in [1.165, 1.54) is 0 Å². The third-order valence-electron chi connectivity index (χ3n) is 4.54. The van der Waals surface area contributed by atoms with Gasteiger partial charge in [0.15, 0.2) is 0 Å². The molecule has 0 saturated carbocycles. The summed E-state index contributed by atoms with van der Waals surface area (Å²) >= 11 is 3.35. The molecule has 0 aliphatic carbocycles. The maximum atomic E-state index is 12.3. The van der Waals surface area contributed by atoms with Crippen LogP contribution in [0.25, 0.3) is 0 Å². The fraction of sp³-hybridized carbons (Fsp3) is 0.368. The first-order valence-electron chi connectivity index (χ1n) is 8.96. The number of amides is 2. The lowest BCUT2D eigenvalue weighted by molar-refractivity contribution is -0.125. The zero-order valence-electron chi connectivity index (χ0n) is 14.9. The fourth-order valence-electron chi connectivity index (χ4n) is 3.06. The molecule has 3 rings (SSSR count). The number of hydrogen-bond acceptors (Lipinski definition) is 5. The van der Waals surface area contributed by atoms with Crippen LogP contribution in [0.15, 0.2) is 47.3 Å². The molecule has 0 spiro atoms. The topological polar surface area (TPSA) is 87.2 Å². The van der Waals surface area contributed by atoms with Gasteiger partial charge in [-0.1, -0.05) is 22.0 Å². The zero-order chi connectivity index (χ0) is 19.1. The number of nitrogens with one attached hydrogen (secondary N) is 2. The molecule has 7 nitrogen and oxygen atoms in total. The van der Waals surface area contributed by atoms with Crippen molar-refractivity contribution in [1.82, 2.24) is 20.6 Å². The van der Waals surface area contributed by atoms with Crippen molar-refractivity contribution >= 4 is 33.6 Å². The van der Waals surface area contributed by atoms with Crippen LogP contribution in [0, 0.1) is 5.92 Å². The van der Waals surface area contributed by atoms with Crippen LogP contribution < -0.4 is 15.5 Å². The van der Waals surface area contributed by atoms with Gasteiger partial charge in [-0.15, -0.1) is 0 Å². The van der Waals surface area contributed by atoms with Gasteiger partial charge in [0.2, 0.25) is 5.91 Å². The molecule has 27 heavy (non-hydrogen) atoms. The Hall–Kier alpha value is -2.48. The summed E-state index contributed by atoms with van der Waals surface area (Å²) < 4.78 is 0.858. The maximum Gasteiger partial charge on any atom is 0.251 e. The molecule has 1 fully saturated rings. The predicted octanol–water partition coefficient (Wildman–Crippen LogP) is 2.00. The van der Waals surface area contributed by atoms with E-state index in [9.17, 15) is 9.59 Å². The van der Waals surface area contributed by atoms with Crippen molar-refractivity contribution in [3.8, 4) is 0 Å². The van der Waals surface area contributed by atoms with Crippen molar-refractivity contribution in [1.29, 1.82) is 0 Å². The van der Waals surface area contributed by atoms with E-state index < -0.39 is 0 Å². The summed E-state index contributed by atoms with van der Waals surface area (Å²) in [6.07, 6.45) is 6.64. The molecular weight excluding hydrogens is 410 g/mol. The van der Waals surface area contributed by atoms with Crippen LogP contribution in [0.1, 0.15) is 23.2 Å². The Morgan fingerprint density at radius 2 is 1.93 bits per heavy atom. The zero-order valence-corrected chi connectivity index (χ0v) is 16.5. The average Bonchev–Trinajstić information content (AvgIpc) is 2.71. The second kappa shape index (κ2) is 9.45. The molecule has 0 radical (unpaired) electrons. The molecule has 0 bridgehead atoms. The van der Waals surface area contributed by atoms with Gasteiger partial charge in [-0.25, -0.2) is 4.98 Å². The van der Waals surface area contributed by atoms with Crippen molar-refractivity contribution in [2.45, 2.75) is 12.8 Å². The number of hydrogen-bond donors (Lipinski definition) is 2. The summed E-state index contributed by atoms with van der Waals surface area (Å²) in [6.45, 7) is 2.39. The number of anilines is 1. The van der Waals surface area contributed by atoms with Crippen molar-refractivity contribution in [2.75, 3.05) is 31.1 Å². The van der Waals surface area contributed by atoms with E-state index in [0.29, 0.717) is 18.7 Å². The van der Waals surface area contributed by atoms with E-state index in [-0.39, 0.29) is 17.7 Å². The van der Waals surface area contributed by atoms with Gasteiger partial charge >= 0.3 is 0 Å². The van der Waals surface area contributed by atoms with Crippen LogP contribution in [0.3, 0.4) is 0 Å². The molecule has 142 valence electrons. The first-order valence-corrected chi connectivity index (χ1v) is 9.75. The molecule has 1 aromatic heterocycles. The number of halogens is 1. The molecule has 1 saturated heterocycles. The molecule has 2 amide bonds. The molecule has 1 aliphatic rings. The number of carbonyl (C=O) groups excluding carboxylic acids is 2. The van der Waals surface area contributed by atoms with Crippen molar-refractivity contribution in [3.63, 3.8) is 0 Å². The van der Waals surface area contributed by atoms with Crippen LogP contribution in [0.5, 0.6) is 0 Å². The summed E-state index contributed by atoms with van der Waals surface area (Å²) in [5, 5.41) is 5.73. The average molecular weight is 432 g/mol. The minimum absolute atomic E-state index is 0.00120. The Morgan fingerprint density at radius 1 is 1.15 bits per heavy atom. The summed E-state index contributed by atoms with van der Waals surface area (Å²) in [6, 6.07) is 7.20. The van der Waals surface area contributed by atoms with Crippen LogP contribution in [0.4, 0.5) is 5.82 Å². The lowest BCUT2D eigenvalue weighted by Gasteiger charge is -2.31. The third-order valence-corrected chi connectivity index (χ3v) is 5.03. The molecule has 2 heterocycles. The Kier molecular flexibility index (Phi) is 6.75. The van der Waals surface area contributed by atoms with E-state index in [4.69, 9.17) is 0 Å². The minimum atomic E-state index is -0.150. The van der Waals surface area contributed by atoms with Crippen LogP contribution in [0.2, 0.25) is 0 Å². The van der Waals surface area contributed by atoms with E-state index in [2.05, 4.69) is 41.4 Å². The molecular formula is C19H22BrN5O2. The second-order valence-electron chi connectivity index (χ2n) is 6.38. The van der Waals surface area contributed by atoms with E-state index >= 15 is 0 Å². The first-order chi connectivity index (χ1) is 13.1. The highest BCUT2D eigenvalue weighted by molar-refractivity contribution is 9.10. The van der Waals surface area contributed by atoms with Gasteiger partial charge in [-0.2, -0.15) is 0 Å². The van der Waals surface area contributed by atoms with Crippen LogP contribution >= 0.6 is 15.9 Å². The smallest absolute Gasteiger partial charge is 0.251 e. The van der Waals surface area contributed by atoms with Crippen molar-refractivity contribution in [3.05, 3.63) is 52.9 Å². The molecule has 8 heteroatoms. The highest BCUT2D eigenvalue weighted by Gasteiger charge is 2.25. The highest BCUT2D eigenvalue weighted by Crippen LogP contribution is 2.21. The molecule has 2 aromatic rings. The first kappa shape index (κ1) is 19.3. The van der Waals surface area contributed by atoms with Gasteiger partial charge in [-0.3, -0.25) is 14.6 Å². The van der Waals surface area contributed by atoms with Gasteiger partial charge in [0.05, 0.1) is 6.20 Å². The summed E-state index contributed by atoms with van der Waals surface area (Å²) in [5.41, 5.74) is 0.590. The Morgan fingerprint density at radius 3 is 2.63 bits per heavy atom. The summed E-state index contributed by atoms with van der Waals surface area (Å²) in [4.78, 5) is 34.9. The number of nitrogens with zero attached hydrogens (tertiary/aromatic N) is 3.